The Morgan fingerprint density at radius 1 is 1.69 bits per heavy atom. The number of carbonyl (C=O) groups excluding carboxylic acids is 1. The fraction of sp³-hybridized carbons (Fsp3) is 0.500. The molecule has 0 spiro atoms. The molecule has 1 rings (SSSR count). The van der Waals surface area contributed by atoms with Gasteiger partial charge in [0.15, 0.2) is 12.1 Å². The normalized spacial score (nSPS) is 28.2. The molecule has 0 saturated carbocycles. The first-order valence-corrected chi connectivity index (χ1v) is 4.29. The predicted octanol–water partition coefficient (Wildman–Crippen LogP) is 1.04. The van der Waals surface area contributed by atoms with Crippen LogP contribution in [0.3, 0.4) is 0 Å². The van der Waals surface area contributed by atoms with E-state index >= 15 is 0 Å². The van der Waals surface area contributed by atoms with Crippen molar-refractivity contribution in [2.24, 2.45) is 5.92 Å². The van der Waals surface area contributed by atoms with Gasteiger partial charge in [-0.3, -0.25) is 4.79 Å². The number of ether oxygens (including phenoxy) is 1. The van der Waals surface area contributed by atoms with Crippen LogP contribution in [0, 0.1) is 5.92 Å². The Balaban J connectivity index is 2.47. The van der Waals surface area contributed by atoms with E-state index in [0.717, 1.165) is 6.42 Å². The van der Waals surface area contributed by atoms with Crippen LogP contribution in [0.4, 0.5) is 0 Å². The Labute approximate surface area is 77.7 Å². The van der Waals surface area contributed by atoms with Crippen molar-refractivity contribution in [3.05, 3.63) is 24.3 Å². The molecule has 0 amide bonds. The molecule has 3 nitrogen and oxygen atoms in total. The van der Waals surface area contributed by atoms with Gasteiger partial charge in [-0.05, 0) is 25.0 Å². The molecule has 0 aromatic carbocycles. The number of carbonyl (C=O) groups is 1. The van der Waals surface area contributed by atoms with Crippen molar-refractivity contribution in [3.8, 4) is 0 Å². The zero-order chi connectivity index (χ0) is 9.84. The van der Waals surface area contributed by atoms with E-state index in [0.29, 0.717) is 12.2 Å². The first-order valence-electron chi connectivity index (χ1n) is 4.29. The average molecular weight is 182 g/mol. The van der Waals surface area contributed by atoms with Crippen LogP contribution in [0.2, 0.25) is 0 Å². The van der Waals surface area contributed by atoms with Crippen LogP contribution in [0.1, 0.15) is 13.3 Å². The Morgan fingerprint density at radius 2 is 2.38 bits per heavy atom. The minimum absolute atomic E-state index is 0.0525. The number of rotatable bonds is 3. The molecule has 0 radical (unpaired) electrons. The molecular weight excluding hydrogens is 168 g/mol. The standard InChI is InChI=1S/C10H14O3/c1-7(2)9(11)4-3-8-5-6-13-10(8)12/h3-4,8,10,12H,1,5-6H2,2H3/b4-3-. The number of aliphatic hydroxyl groups excluding tert-OH is 1. The maximum absolute atomic E-state index is 11.1. The van der Waals surface area contributed by atoms with Gasteiger partial charge in [-0.1, -0.05) is 12.7 Å². The summed E-state index contributed by atoms with van der Waals surface area (Å²) in [5.41, 5.74) is 0.504. The van der Waals surface area contributed by atoms with Crippen LogP contribution in [0.25, 0.3) is 0 Å². The molecule has 1 fully saturated rings. The van der Waals surface area contributed by atoms with Gasteiger partial charge in [0.25, 0.3) is 0 Å². The molecule has 0 bridgehead atoms. The monoisotopic (exact) mass is 182 g/mol. The van der Waals surface area contributed by atoms with Gasteiger partial charge in [0.05, 0.1) is 6.61 Å². The van der Waals surface area contributed by atoms with Gasteiger partial charge < -0.3 is 9.84 Å². The lowest BCUT2D eigenvalue weighted by Crippen LogP contribution is -2.12. The van der Waals surface area contributed by atoms with Crippen molar-refractivity contribution >= 4 is 5.78 Å². The SMILES string of the molecule is C=C(C)C(=O)/C=C\C1CCOC1O. The second-order valence-electron chi connectivity index (χ2n) is 3.22. The summed E-state index contributed by atoms with van der Waals surface area (Å²) in [6.45, 7) is 5.74. The molecule has 3 heteroatoms. The molecule has 0 aliphatic carbocycles. The first kappa shape index (κ1) is 10.2. The number of hydrogen-bond acceptors (Lipinski definition) is 3. The number of allylic oxidation sites excluding steroid dienone is 2. The number of ketones is 1. The molecule has 1 N–H and O–H groups in total. The summed E-state index contributed by atoms with van der Waals surface area (Å²) in [7, 11) is 0. The molecule has 1 heterocycles. The van der Waals surface area contributed by atoms with Crippen molar-refractivity contribution in [1.29, 1.82) is 0 Å². The molecule has 0 aromatic rings. The van der Waals surface area contributed by atoms with E-state index in [2.05, 4.69) is 6.58 Å². The second kappa shape index (κ2) is 4.35. The molecule has 0 aromatic heterocycles. The third-order valence-corrected chi connectivity index (χ3v) is 2.02. The van der Waals surface area contributed by atoms with Crippen molar-refractivity contribution in [3.63, 3.8) is 0 Å². The molecule has 2 atom stereocenters. The zero-order valence-electron chi connectivity index (χ0n) is 7.69. The third kappa shape index (κ3) is 2.79. The predicted molar refractivity (Wildman–Crippen MR) is 49.0 cm³/mol. The first-order chi connectivity index (χ1) is 6.11. The maximum atomic E-state index is 11.1. The smallest absolute Gasteiger partial charge is 0.180 e. The molecule has 1 saturated heterocycles. The van der Waals surface area contributed by atoms with Crippen LogP contribution in [-0.4, -0.2) is 23.8 Å². The molecular formula is C10H14O3. The van der Waals surface area contributed by atoms with Crippen LogP contribution in [0.5, 0.6) is 0 Å². The summed E-state index contributed by atoms with van der Waals surface area (Å²) in [5, 5.41) is 9.23. The quantitative estimate of drug-likeness (QED) is 0.663. The van der Waals surface area contributed by atoms with E-state index in [4.69, 9.17) is 4.74 Å². The summed E-state index contributed by atoms with van der Waals surface area (Å²) >= 11 is 0. The molecule has 13 heavy (non-hydrogen) atoms. The number of hydrogen-bond donors (Lipinski definition) is 1. The summed E-state index contributed by atoms with van der Waals surface area (Å²) in [6.07, 6.45) is 3.15. The Bertz CT molecular complexity index is 243. The lowest BCUT2D eigenvalue weighted by Gasteiger charge is -2.06. The summed E-state index contributed by atoms with van der Waals surface area (Å²) in [4.78, 5) is 11.1. The fourth-order valence-electron chi connectivity index (χ4n) is 1.14. The van der Waals surface area contributed by atoms with E-state index in [1.165, 1.54) is 6.08 Å². The van der Waals surface area contributed by atoms with Crippen molar-refractivity contribution in [2.75, 3.05) is 6.61 Å². The summed E-state index contributed by atoms with van der Waals surface area (Å²) in [5.74, 6) is -0.151. The van der Waals surface area contributed by atoms with Crippen molar-refractivity contribution < 1.29 is 14.6 Å². The van der Waals surface area contributed by atoms with E-state index in [9.17, 15) is 9.90 Å². The Morgan fingerprint density at radius 3 is 2.85 bits per heavy atom. The Kier molecular flexibility index (Phi) is 3.39. The van der Waals surface area contributed by atoms with Gasteiger partial charge in [0, 0.05) is 5.92 Å². The number of aliphatic hydroxyl groups is 1. The Hall–Kier alpha value is -0.930. The van der Waals surface area contributed by atoms with Crippen LogP contribution >= 0.6 is 0 Å². The zero-order valence-corrected chi connectivity index (χ0v) is 7.69. The fourth-order valence-corrected chi connectivity index (χ4v) is 1.14. The minimum atomic E-state index is -0.755. The molecule has 72 valence electrons. The largest absolute Gasteiger partial charge is 0.367 e. The minimum Gasteiger partial charge on any atom is -0.367 e. The van der Waals surface area contributed by atoms with Gasteiger partial charge >= 0.3 is 0 Å². The van der Waals surface area contributed by atoms with Crippen LogP contribution in [0.15, 0.2) is 24.3 Å². The van der Waals surface area contributed by atoms with E-state index < -0.39 is 6.29 Å². The highest BCUT2D eigenvalue weighted by Gasteiger charge is 2.23. The second-order valence-corrected chi connectivity index (χ2v) is 3.22. The average Bonchev–Trinajstić information content (AvgIpc) is 2.47. The van der Waals surface area contributed by atoms with E-state index in [1.807, 2.05) is 0 Å². The lowest BCUT2D eigenvalue weighted by molar-refractivity contribution is -0.111. The van der Waals surface area contributed by atoms with Crippen LogP contribution in [-0.2, 0) is 9.53 Å². The maximum Gasteiger partial charge on any atom is 0.180 e. The molecule has 1 aliphatic rings. The van der Waals surface area contributed by atoms with E-state index in [-0.39, 0.29) is 11.7 Å². The van der Waals surface area contributed by atoms with Crippen molar-refractivity contribution in [2.45, 2.75) is 19.6 Å². The highest BCUT2D eigenvalue weighted by molar-refractivity contribution is 6.02. The summed E-state index contributed by atoms with van der Waals surface area (Å²) in [6, 6.07) is 0. The van der Waals surface area contributed by atoms with Crippen LogP contribution < -0.4 is 0 Å². The van der Waals surface area contributed by atoms with E-state index in [1.54, 1.807) is 13.0 Å². The van der Waals surface area contributed by atoms with Gasteiger partial charge in [-0.25, -0.2) is 0 Å². The molecule has 1 aliphatic heterocycles. The highest BCUT2D eigenvalue weighted by Crippen LogP contribution is 2.19. The van der Waals surface area contributed by atoms with Gasteiger partial charge in [0.1, 0.15) is 0 Å². The molecule has 2 unspecified atom stereocenters. The van der Waals surface area contributed by atoms with Gasteiger partial charge in [-0.15, -0.1) is 0 Å². The topological polar surface area (TPSA) is 46.5 Å². The highest BCUT2D eigenvalue weighted by atomic mass is 16.6. The van der Waals surface area contributed by atoms with Gasteiger partial charge in [-0.2, -0.15) is 0 Å². The summed E-state index contributed by atoms with van der Waals surface area (Å²) < 4.78 is 4.93. The van der Waals surface area contributed by atoms with Gasteiger partial charge in [0.2, 0.25) is 0 Å². The third-order valence-electron chi connectivity index (χ3n) is 2.02. The van der Waals surface area contributed by atoms with Crippen molar-refractivity contribution in [1.82, 2.24) is 0 Å². The lowest BCUT2D eigenvalue weighted by atomic mass is 10.1.